The van der Waals surface area contributed by atoms with Gasteiger partial charge in [0.2, 0.25) is 11.9 Å². The monoisotopic (exact) mass is 475 g/mol. The van der Waals surface area contributed by atoms with Crippen molar-refractivity contribution in [1.82, 2.24) is 14.9 Å². The Kier molecular flexibility index (Phi) is 7.86. The summed E-state index contributed by atoms with van der Waals surface area (Å²) in [5.41, 5.74) is 3.72. The highest BCUT2D eigenvalue weighted by molar-refractivity contribution is 5.94. The number of anilines is 2. The van der Waals surface area contributed by atoms with E-state index in [0.717, 1.165) is 65.5 Å². The highest BCUT2D eigenvalue weighted by atomic mass is 16.5. The number of carbonyl (C=O) groups excluding carboxylic acids is 1. The normalized spacial score (nSPS) is 14.7. The number of hydrogen-bond donors (Lipinski definition) is 1. The molecule has 1 amide bonds. The molecule has 0 spiro atoms. The number of aryl methyl sites for hydroxylation is 2. The lowest BCUT2D eigenvalue weighted by molar-refractivity contribution is -0.116. The smallest absolute Gasteiger partial charge is 0.226 e. The summed E-state index contributed by atoms with van der Waals surface area (Å²) in [6.45, 7) is 7.96. The Morgan fingerprint density at radius 2 is 1.83 bits per heavy atom. The van der Waals surface area contributed by atoms with Gasteiger partial charge >= 0.3 is 0 Å². The van der Waals surface area contributed by atoms with E-state index in [1.54, 1.807) is 0 Å². The minimum Gasteiger partial charge on any atom is -0.491 e. The summed E-state index contributed by atoms with van der Waals surface area (Å²) in [4.78, 5) is 26.8. The first-order valence-electron chi connectivity index (χ1n) is 12.5. The average Bonchev–Trinajstić information content (AvgIpc) is 2.83. The minimum absolute atomic E-state index is 0.00851. The van der Waals surface area contributed by atoms with E-state index in [1.807, 2.05) is 63.2 Å². The van der Waals surface area contributed by atoms with Crippen molar-refractivity contribution in [1.29, 1.82) is 0 Å². The molecule has 1 N–H and O–H groups in total. The highest BCUT2D eigenvalue weighted by Crippen LogP contribution is 2.25. The second-order valence-corrected chi connectivity index (χ2v) is 9.88. The lowest BCUT2D eigenvalue weighted by Gasteiger charge is -2.35. The Labute approximate surface area is 208 Å². The summed E-state index contributed by atoms with van der Waals surface area (Å²) in [5.74, 6) is 1.64. The molecule has 0 saturated carbocycles. The Hall–Kier alpha value is -3.19. The summed E-state index contributed by atoms with van der Waals surface area (Å²) in [6, 6.07) is 14.4. The Bertz CT molecular complexity index is 1150. The van der Waals surface area contributed by atoms with Crippen molar-refractivity contribution in [2.45, 2.75) is 58.6 Å². The molecule has 0 radical (unpaired) electrons. The molecule has 1 aliphatic heterocycles. The van der Waals surface area contributed by atoms with Crippen molar-refractivity contribution >= 4 is 28.4 Å². The number of hydrogen-bond acceptors (Lipinski definition) is 6. The molecule has 1 aromatic heterocycles. The molecule has 1 aliphatic rings. The van der Waals surface area contributed by atoms with Gasteiger partial charge in [0.1, 0.15) is 5.75 Å². The van der Waals surface area contributed by atoms with Crippen LogP contribution in [0.2, 0.25) is 0 Å². The molecular weight excluding hydrogens is 438 g/mol. The van der Waals surface area contributed by atoms with E-state index in [2.05, 4.69) is 29.2 Å². The topological polar surface area (TPSA) is 70.6 Å². The van der Waals surface area contributed by atoms with Crippen molar-refractivity contribution in [3.8, 4) is 5.75 Å². The van der Waals surface area contributed by atoms with Crippen molar-refractivity contribution in [3.05, 3.63) is 53.7 Å². The van der Waals surface area contributed by atoms with Crippen LogP contribution in [0.15, 0.2) is 42.5 Å². The molecule has 1 saturated heterocycles. The van der Waals surface area contributed by atoms with Gasteiger partial charge in [-0.05, 0) is 90.0 Å². The predicted molar refractivity (Wildman–Crippen MR) is 142 cm³/mol. The van der Waals surface area contributed by atoms with Crippen LogP contribution in [0, 0.1) is 6.92 Å². The predicted octanol–water partition coefficient (Wildman–Crippen LogP) is 4.83. The van der Waals surface area contributed by atoms with E-state index in [4.69, 9.17) is 14.7 Å². The van der Waals surface area contributed by atoms with Gasteiger partial charge in [-0.3, -0.25) is 4.79 Å². The molecule has 2 heterocycles. The first-order valence-corrected chi connectivity index (χ1v) is 12.5. The molecule has 0 aliphatic carbocycles. The van der Waals surface area contributed by atoms with Crippen LogP contribution in [-0.2, 0) is 11.2 Å². The van der Waals surface area contributed by atoms with E-state index in [1.165, 1.54) is 0 Å². The fraction of sp³-hybridized carbons (Fsp3) is 0.464. The molecule has 0 atom stereocenters. The Morgan fingerprint density at radius 1 is 1.11 bits per heavy atom. The molecule has 3 aromatic rings. The zero-order valence-corrected chi connectivity index (χ0v) is 21.5. The van der Waals surface area contributed by atoms with Crippen molar-refractivity contribution in [2.24, 2.45) is 0 Å². The van der Waals surface area contributed by atoms with Crippen LogP contribution < -0.4 is 15.0 Å². The summed E-state index contributed by atoms with van der Waals surface area (Å²) < 4.78 is 5.68. The van der Waals surface area contributed by atoms with Gasteiger partial charge in [0.25, 0.3) is 0 Å². The molecule has 2 aromatic carbocycles. The van der Waals surface area contributed by atoms with Crippen LogP contribution >= 0.6 is 0 Å². The molecule has 4 rings (SSSR count). The van der Waals surface area contributed by atoms with Crippen LogP contribution in [0.3, 0.4) is 0 Å². The van der Waals surface area contributed by atoms with Gasteiger partial charge in [-0.2, -0.15) is 0 Å². The third-order valence-corrected chi connectivity index (χ3v) is 6.57. The lowest BCUT2D eigenvalue weighted by atomic mass is 10.0. The van der Waals surface area contributed by atoms with Crippen LogP contribution in [-0.4, -0.2) is 60.1 Å². The van der Waals surface area contributed by atoms with E-state index in [-0.39, 0.29) is 12.0 Å². The maximum absolute atomic E-state index is 12.6. The van der Waals surface area contributed by atoms with E-state index >= 15 is 0 Å². The largest absolute Gasteiger partial charge is 0.491 e. The SMILES string of the molecule is Cc1nc(N2CCC(N(C)C)CC2)nc2ccc(NC(=O)CCc3ccc(OC(C)C)cc3)cc12. The number of rotatable bonds is 8. The molecule has 7 nitrogen and oxygen atoms in total. The van der Waals surface area contributed by atoms with Crippen LogP contribution in [0.5, 0.6) is 5.75 Å². The molecular formula is C28H37N5O2. The van der Waals surface area contributed by atoms with E-state index < -0.39 is 0 Å². The number of fused-ring (bicyclic) bond motifs is 1. The molecule has 0 unspecified atom stereocenters. The quantitative estimate of drug-likeness (QED) is 0.503. The van der Waals surface area contributed by atoms with Gasteiger partial charge < -0.3 is 19.9 Å². The molecule has 7 heteroatoms. The fourth-order valence-electron chi connectivity index (χ4n) is 4.56. The molecule has 1 fully saturated rings. The number of benzene rings is 2. The third-order valence-electron chi connectivity index (χ3n) is 6.57. The first kappa shape index (κ1) is 24.9. The fourth-order valence-corrected chi connectivity index (χ4v) is 4.56. The van der Waals surface area contributed by atoms with Gasteiger partial charge in [0.15, 0.2) is 0 Å². The number of aromatic nitrogens is 2. The highest BCUT2D eigenvalue weighted by Gasteiger charge is 2.22. The zero-order valence-electron chi connectivity index (χ0n) is 21.5. The van der Waals surface area contributed by atoms with Crippen LogP contribution in [0.25, 0.3) is 10.9 Å². The van der Waals surface area contributed by atoms with Crippen molar-refractivity contribution < 1.29 is 9.53 Å². The number of amides is 1. The lowest BCUT2D eigenvalue weighted by Crippen LogP contribution is -2.42. The maximum atomic E-state index is 12.6. The second kappa shape index (κ2) is 11.0. The number of piperidine rings is 1. The summed E-state index contributed by atoms with van der Waals surface area (Å²) in [6.07, 6.45) is 3.48. The summed E-state index contributed by atoms with van der Waals surface area (Å²) in [7, 11) is 4.29. The van der Waals surface area contributed by atoms with Gasteiger partial charge in [0, 0.05) is 36.6 Å². The maximum Gasteiger partial charge on any atom is 0.226 e. The van der Waals surface area contributed by atoms with Gasteiger partial charge in [-0.15, -0.1) is 0 Å². The number of carbonyl (C=O) groups is 1. The number of nitrogens with one attached hydrogen (secondary N) is 1. The number of nitrogens with zero attached hydrogens (tertiary/aromatic N) is 4. The first-order chi connectivity index (χ1) is 16.8. The average molecular weight is 476 g/mol. The number of ether oxygens (including phenoxy) is 1. The molecule has 0 bridgehead atoms. The third kappa shape index (κ3) is 6.48. The van der Waals surface area contributed by atoms with Gasteiger partial charge in [-0.25, -0.2) is 9.97 Å². The van der Waals surface area contributed by atoms with Gasteiger partial charge in [0.05, 0.1) is 17.3 Å². The van der Waals surface area contributed by atoms with E-state index in [0.29, 0.717) is 18.9 Å². The van der Waals surface area contributed by atoms with Crippen molar-refractivity contribution in [2.75, 3.05) is 37.4 Å². The molecule has 186 valence electrons. The van der Waals surface area contributed by atoms with Crippen LogP contribution in [0.1, 0.15) is 44.4 Å². The standard InChI is InChI=1S/C28H37N5O2/c1-19(2)35-24-10-6-21(7-11-24)8-13-27(34)30-22-9-12-26-25(18-22)20(3)29-28(31-26)33-16-14-23(15-17-33)32(4)5/h6-7,9-12,18-19,23H,8,13-17H2,1-5H3,(H,30,34). The second-order valence-electron chi connectivity index (χ2n) is 9.88. The zero-order chi connectivity index (χ0) is 24.9. The Balaban J connectivity index is 1.36. The Morgan fingerprint density at radius 3 is 2.49 bits per heavy atom. The van der Waals surface area contributed by atoms with E-state index in [9.17, 15) is 4.79 Å². The summed E-state index contributed by atoms with van der Waals surface area (Å²) >= 11 is 0. The van der Waals surface area contributed by atoms with Crippen LogP contribution in [0.4, 0.5) is 11.6 Å². The van der Waals surface area contributed by atoms with Crippen molar-refractivity contribution in [3.63, 3.8) is 0 Å². The summed E-state index contributed by atoms with van der Waals surface area (Å²) in [5, 5.41) is 4.00. The van der Waals surface area contributed by atoms with Gasteiger partial charge in [-0.1, -0.05) is 12.1 Å². The molecule has 35 heavy (non-hydrogen) atoms. The minimum atomic E-state index is -0.00851.